The van der Waals surface area contributed by atoms with Gasteiger partial charge in [-0.1, -0.05) is 25.1 Å². The smallest absolute Gasteiger partial charge is 0.333 e. The van der Waals surface area contributed by atoms with Gasteiger partial charge < -0.3 is 14.8 Å². The molecule has 4 aromatic rings. The van der Waals surface area contributed by atoms with E-state index in [4.69, 9.17) is 14.6 Å². The number of ether oxygens (including phenoxy) is 2. The quantitative estimate of drug-likeness (QED) is 0.299. The van der Waals surface area contributed by atoms with E-state index in [0.29, 0.717) is 26.2 Å². The van der Waals surface area contributed by atoms with E-state index in [-0.39, 0.29) is 30.7 Å². The van der Waals surface area contributed by atoms with E-state index in [0.717, 1.165) is 29.0 Å². The summed E-state index contributed by atoms with van der Waals surface area (Å²) in [5.41, 5.74) is 2.68. The van der Waals surface area contributed by atoms with Crippen molar-refractivity contribution in [2.75, 3.05) is 13.7 Å². The van der Waals surface area contributed by atoms with Gasteiger partial charge in [-0.3, -0.25) is 14.2 Å². The minimum Gasteiger partial charge on any atom is -0.497 e. The highest BCUT2D eigenvalue weighted by Gasteiger charge is 2.15. The zero-order valence-corrected chi connectivity index (χ0v) is 23.7. The molecule has 0 fully saturated rings. The van der Waals surface area contributed by atoms with Crippen molar-refractivity contribution in [3.63, 3.8) is 0 Å². The number of aromatic nitrogens is 3. The molecule has 2 aromatic heterocycles. The Morgan fingerprint density at radius 3 is 2.48 bits per heavy atom. The monoisotopic (exact) mass is 560 g/mol. The number of nitrogens with zero attached hydrogens (tertiary/aromatic N) is 3. The molecule has 1 N–H and O–H groups in total. The fourth-order valence-electron chi connectivity index (χ4n) is 3.96. The Bertz CT molecular complexity index is 1650. The van der Waals surface area contributed by atoms with Crippen molar-refractivity contribution in [1.82, 2.24) is 19.7 Å². The Labute approximate surface area is 236 Å². The average molecular weight is 561 g/mol. The minimum atomic E-state index is -0.581. The summed E-state index contributed by atoms with van der Waals surface area (Å²) in [6.07, 6.45) is 5.60. The SMILES string of the molecule is CCOC(=O)/C=c1/s/c(=C\c2cn(-c3ccccc3)nc2-c2ccc(OC)cc2)c(=O)n1CC(=O)NC(C)CC. The summed E-state index contributed by atoms with van der Waals surface area (Å²) >= 11 is 1.12. The van der Waals surface area contributed by atoms with Crippen LogP contribution in [0.4, 0.5) is 0 Å². The van der Waals surface area contributed by atoms with Crippen LogP contribution in [0.1, 0.15) is 32.8 Å². The summed E-state index contributed by atoms with van der Waals surface area (Å²) in [5.74, 6) is -0.176. The van der Waals surface area contributed by atoms with Crippen LogP contribution in [0.25, 0.3) is 29.1 Å². The Balaban J connectivity index is 1.87. The van der Waals surface area contributed by atoms with Crippen LogP contribution in [0.3, 0.4) is 0 Å². The molecule has 2 heterocycles. The third-order valence-electron chi connectivity index (χ3n) is 6.20. The lowest BCUT2D eigenvalue weighted by Crippen LogP contribution is -2.41. The Morgan fingerprint density at radius 2 is 1.82 bits per heavy atom. The maximum Gasteiger partial charge on any atom is 0.333 e. The van der Waals surface area contributed by atoms with Crippen LogP contribution in [0.5, 0.6) is 5.75 Å². The lowest BCUT2D eigenvalue weighted by atomic mass is 10.1. The Kier molecular flexibility index (Phi) is 9.34. The van der Waals surface area contributed by atoms with Gasteiger partial charge in [0.15, 0.2) is 0 Å². The van der Waals surface area contributed by atoms with E-state index >= 15 is 0 Å². The van der Waals surface area contributed by atoms with Crippen LogP contribution in [0, 0.1) is 0 Å². The fourth-order valence-corrected chi connectivity index (χ4v) is 4.99. The molecule has 4 rings (SSSR count). The number of hydrogen-bond acceptors (Lipinski definition) is 7. The molecule has 1 amide bonds. The van der Waals surface area contributed by atoms with Gasteiger partial charge in [-0.2, -0.15) is 5.10 Å². The maximum atomic E-state index is 13.6. The van der Waals surface area contributed by atoms with E-state index in [2.05, 4.69) is 5.32 Å². The lowest BCUT2D eigenvalue weighted by molar-refractivity contribution is -0.135. The topological polar surface area (TPSA) is 104 Å². The molecule has 40 heavy (non-hydrogen) atoms. The first-order valence-electron chi connectivity index (χ1n) is 13.0. The van der Waals surface area contributed by atoms with Gasteiger partial charge in [0.2, 0.25) is 5.91 Å². The van der Waals surface area contributed by atoms with Crippen LogP contribution < -0.4 is 24.8 Å². The van der Waals surface area contributed by atoms with Crippen molar-refractivity contribution in [2.24, 2.45) is 0 Å². The molecule has 0 saturated carbocycles. The third-order valence-corrected chi connectivity index (χ3v) is 7.26. The van der Waals surface area contributed by atoms with Crippen LogP contribution >= 0.6 is 11.3 Å². The Morgan fingerprint density at radius 1 is 1.10 bits per heavy atom. The number of nitrogens with one attached hydrogen (secondary N) is 1. The summed E-state index contributed by atoms with van der Waals surface area (Å²) in [7, 11) is 1.61. The molecule has 9 nitrogen and oxygen atoms in total. The molecule has 0 radical (unpaired) electrons. The van der Waals surface area contributed by atoms with Gasteiger partial charge in [0.25, 0.3) is 5.56 Å². The van der Waals surface area contributed by atoms with Crippen LogP contribution in [0.15, 0.2) is 65.6 Å². The molecule has 0 saturated heterocycles. The van der Waals surface area contributed by atoms with Gasteiger partial charge in [0, 0.05) is 23.4 Å². The van der Waals surface area contributed by atoms with E-state index in [1.807, 2.05) is 74.6 Å². The number of benzene rings is 2. The number of esters is 1. The molecule has 0 aliphatic carbocycles. The molecule has 10 heteroatoms. The minimum absolute atomic E-state index is 0.0405. The van der Waals surface area contributed by atoms with E-state index in [1.165, 1.54) is 10.6 Å². The van der Waals surface area contributed by atoms with E-state index in [9.17, 15) is 14.4 Å². The van der Waals surface area contributed by atoms with Crippen LogP contribution in [0.2, 0.25) is 0 Å². The number of amides is 1. The number of rotatable bonds is 10. The average Bonchev–Trinajstić information content (AvgIpc) is 3.50. The first-order valence-corrected chi connectivity index (χ1v) is 13.8. The van der Waals surface area contributed by atoms with Gasteiger partial charge in [-0.15, -0.1) is 11.3 Å². The number of carbonyl (C=O) groups excluding carboxylic acids is 2. The molecular weight excluding hydrogens is 528 g/mol. The Hall–Kier alpha value is -4.44. The zero-order chi connectivity index (χ0) is 28.6. The highest BCUT2D eigenvalue weighted by Crippen LogP contribution is 2.26. The van der Waals surface area contributed by atoms with Crippen LogP contribution in [-0.4, -0.2) is 46.0 Å². The first kappa shape index (κ1) is 28.6. The number of carbonyl (C=O) groups is 2. The van der Waals surface area contributed by atoms with Gasteiger partial charge in [0.05, 0.1) is 30.0 Å². The second-order valence-corrected chi connectivity index (χ2v) is 10.1. The standard InChI is InChI=1S/C30H32N4O5S/c1-5-20(3)31-26(35)19-33-27(17-28(36)39-6-2)40-25(30(33)37)16-22-18-34(23-10-8-7-9-11-23)32-29(22)21-12-14-24(38-4)15-13-21/h7-18,20H,5-6,19H2,1-4H3,(H,31,35)/b25-16-,27-17+. The number of para-hydroxylation sites is 1. The lowest BCUT2D eigenvalue weighted by Gasteiger charge is -2.11. The summed E-state index contributed by atoms with van der Waals surface area (Å²) in [6.45, 7) is 5.54. The molecule has 208 valence electrons. The van der Waals surface area contributed by atoms with Crippen LogP contribution in [-0.2, 0) is 20.9 Å². The summed E-state index contributed by atoms with van der Waals surface area (Å²) in [5, 5.41) is 7.69. The third kappa shape index (κ3) is 6.76. The van der Waals surface area contributed by atoms with E-state index < -0.39 is 5.97 Å². The van der Waals surface area contributed by atoms with Gasteiger partial charge in [0.1, 0.15) is 22.7 Å². The molecule has 0 bridgehead atoms. The summed E-state index contributed by atoms with van der Waals surface area (Å²) in [6, 6.07) is 17.1. The molecule has 0 aliphatic heterocycles. The largest absolute Gasteiger partial charge is 0.497 e. The number of thiazole rings is 1. The summed E-state index contributed by atoms with van der Waals surface area (Å²) in [4.78, 5) is 38.5. The molecule has 0 spiro atoms. The molecule has 1 atom stereocenters. The predicted octanol–water partition coefficient (Wildman–Crippen LogP) is 2.86. The number of methoxy groups -OCH3 is 1. The van der Waals surface area contributed by atoms with Crippen molar-refractivity contribution in [3.8, 4) is 22.7 Å². The molecule has 2 aromatic carbocycles. The van der Waals surface area contributed by atoms with Crippen molar-refractivity contribution in [1.29, 1.82) is 0 Å². The van der Waals surface area contributed by atoms with Crippen molar-refractivity contribution >= 4 is 35.4 Å². The predicted molar refractivity (Wildman–Crippen MR) is 156 cm³/mol. The maximum absolute atomic E-state index is 13.6. The van der Waals surface area contributed by atoms with Crippen molar-refractivity contribution in [3.05, 3.63) is 85.9 Å². The fraction of sp³-hybridized carbons (Fsp3) is 0.267. The van der Waals surface area contributed by atoms with Gasteiger partial charge in [-0.25, -0.2) is 9.48 Å². The van der Waals surface area contributed by atoms with Crippen molar-refractivity contribution < 1.29 is 19.1 Å². The van der Waals surface area contributed by atoms with Crippen molar-refractivity contribution in [2.45, 2.75) is 39.8 Å². The first-order chi connectivity index (χ1) is 19.3. The zero-order valence-electron chi connectivity index (χ0n) is 22.9. The number of hydrogen-bond donors (Lipinski definition) is 1. The summed E-state index contributed by atoms with van der Waals surface area (Å²) < 4.78 is 14.1. The van der Waals surface area contributed by atoms with E-state index in [1.54, 1.807) is 24.8 Å². The highest BCUT2D eigenvalue weighted by molar-refractivity contribution is 7.07. The molecular formula is C30H32N4O5S. The molecule has 1 unspecified atom stereocenters. The second kappa shape index (κ2) is 13.1. The van der Waals surface area contributed by atoms with Gasteiger partial charge >= 0.3 is 5.97 Å². The molecule has 0 aliphatic rings. The second-order valence-electron chi connectivity index (χ2n) is 9.06. The normalized spacial score (nSPS) is 12.8. The highest BCUT2D eigenvalue weighted by atomic mass is 32.1. The van der Waals surface area contributed by atoms with Gasteiger partial charge in [-0.05, 0) is 62.7 Å².